The summed E-state index contributed by atoms with van der Waals surface area (Å²) in [4.78, 5) is 24.5. The fraction of sp³-hybridized carbons (Fsp3) is 0.641. The monoisotopic (exact) mass is 658 g/mol. The summed E-state index contributed by atoms with van der Waals surface area (Å²) in [5.41, 5.74) is 3.92. The van der Waals surface area contributed by atoms with E-state index in [0.717, 1.165) is 33.4 Å². The van der Waals surface area contributed by atoms with Crippen LogP contribution in [0.1, 0.15) is 137 Å². The molecule has 0 saturated carbocycles. The van der Waals surface area contributed by atoms with Gasteiger partial charge in [0.05, 0.1) is 11.8 Å². The number of carbonyl (C=O) groups is 2. The van der Waals surface area contributed by atoms with Gasteiger partial charge in [-0.2, -0.15) is 11.8 Å². The third kappa shape index (κ3) is 11.2. The van der Waals surface area contributed by atoms with Crippen molar-refractivity contribution in [3.8, 4) is 11.5 Å². The average molecular weight is 659 g/mol. The second-order valence-electron chi connectivity index (χ2n) is 16.7. The quantitative estimate of drug-likeness (QED) is 0.168. The molecule has 0 amide bonds. The lowest BCUT2D eigenvalue weighted by Crippen LogP contribution is -2.21. The molecule has 0 saturated heterocycles. The molecule has 0 aliphatic rings. The van der Waals surface area contributed by atoms with Crippen LogP contribution in [0.15, 0.2) is 24.3 Å². The molecule has 4 N–H and O–H groups in total. The Labute approximate surface area is 283 Å². The lowest BCUT2D eigenvalue weighted by molar-refractivity contribution is -0.142. The molecule has 0 radical (unpaired) electrons. The highest BCUT2D eigenvalue weighted by Crippen LogP contribution is 2.42. The molecule has 0 fully saturated rings. The first-order valence-corrected chi connectivity index (χ1v) is 17.3. The third-order valence-corrected chi connectivity index (χ3v) is 9.50. The van der Waals surface area contributed by atoms with E-state index in [1.807, 2.05) is 107 Å². The summed E-state index contributed by atoms with van der Waals surface area (Å²) in [5.74, 6) is -1.07. The largest absolute Gasteiger partial charge is 0.507 e. The van der Waals surface area contributed by atoms with Gasteiger partial charge >= 0.3 is 11.9 Å². The lowest BCUT2D eigenvalue weighted by atomic mass is 9.77. The Morgan fingerprint density at radius 2 is 0.804 bits per heavy atom. The molecule has 2 aromatic rings. The summed E-state index contributed by atoms with van der Waals surface area (Å²) in [6.45, 7) is 24.5. The zero-order chi connectivity index (χ0) is 34.7. The van der Waals surface area contributed by atoms with Crippen LogP contribution in [0.3, 0.4) is 0 Å². The number of phenolic OH excluding ortho intramolecular Hbond substituents is 2. The van der Waals surface area contributed by atoms with E-state index in [-0.39, 0.29) is 40.6 Å². The smallest absolute Gasteiger partial charge is 0.306 e. The Hall–Kier alpha value is -2.67. The van der Waals surface area contributed by atoms with Gasteiger partial charge < -0.3 is 20.4 Å². The number of benzene rings is 2. The normalized spacial score (nSPS) is 14.0. The second-order valence-corrected chi connectivity index (χ2v) is 18.0. The lowest BCUT2D eigenvalue weighted by Gasteiger charge is -2.28. The van der Waals surface area contributed by atoms with E-state index in [2.05, 4.69) is 0 Å². The summed E-state index contributed by atoms with van der Waals surface area (Å²) in [7, 11) is 0. The van der Waals surface area contributed by atoms with Gasteiger partial charge in [0, 0.05) is 0 Å². The summed E-state index contributed by atoms with van der Waals surface area (Å²) < 4.78 is 0. The predicted molar refractivity (Wildman–Crippen MR) is 194 cm³/mol. The fourth-order valence-corrected chi connectivity index (χ4v) is 6.77. The van der Waals surface area contributed by atoms with Crippen molar-refractivity contribution in [1.29, 1.82) is 0 Å². The topological polar surface area (TPSA) is 115 Å². The van der Waals surface area contributed by atoms with E-state index in [4.69, 9.17) is 0 Å². The Bertz CT molecular complexity index is 1170. The van der Waals surface area contributed by atoms with Crippen LogP contribution in [-0.2, 0) is 44.1 Å². The van der Waals surface area contributed by atoms with Crippen molar-refractivity contribution in [2.75, 3.05) is 11.5 Å². The Morgan fingerprint density at radius 3 is 1.00 bits per heavy atom. The van der Waals surface area contributed by atoms with Crippen molar-refractivity contribution >= 4 is 23.7 Å². The number of carboxylic acids is 2. The molecular weight excluding hydrogens is 596 g/mol. The summed E-state index contributed by atoms with van der Waals surface area (Å²) in [5, 5.41) is 42.2. The first kappa shape index (κ1) is 41.4. The summed E-state index contributed by atoms with van der Waals surface area (Å²) >= 11 is 1.59. The van der Waals surface area contributed by atoms with Gasteiger partial charge in [-0.05, 0) is 92.2 Å². The third-order valence-electron chi connectivity index (χ3n) is 8.46. The van der Waals surface area contributed by atoms with E-state index < -0.39 is 23.8 Å². The highest BCUT2D eigenvalue weighted by atomic mass is 32.2. The minimum atomic E-state index is -0.849. The SMILES string of the molecule is C.CC(C)(C)c1cc(CC(CCSCCC(Cc2cc(C(C)(C)C)c(O)c(C(C)(C)C)c2)C(=O)O)C(=O)O)cc(C(C)(C)C)c1O. The molecule has 0 aliphatic carbocycles. The van der Waals surface area contributed by atoms with Crippen molar-refractivity contribution < 1.29 is 30.0 Å². The molecule has 0 spiro atoms. The maximum absolute atomic E-state index is 12.3. The number of thioether (sulfide) groups is 1. The number of hydrogen-bond acceptors (Lipinski definition) is 5. The van der Waals surface area contributed by atoms with E-state index in [0.29, 0.717) is 37.2 Å². The Balaban J connectivity index is 0.0000106. The van der Waals surface area contributed by atoms with E-state index in [1.165, 1.54) is 0 Å². The van der Waals surface area contributed by atoms with Crippen molar-refractivity contribution in [2.45, 2.75) is 138 Å². The van der Waals surface area contributed by atoms with Gasteiger partial charge in [0.15, 0.2) is 0 Å². The maximum atomic E-state index is 12.3. The van der Waals surface area contributed by atoms with Gasteiger partial charge in [0.25, 0.3) is 0 Å². The van der Waals surface area contributed by atoms with Crippen molar-refractivity contribution in [3.05, 3.63) is 57.6 Å². The first-order valence-electron chi connectivity index (χ1n) is 16.1. The minimum absolute atomic E-state index is 0. The number of hydrogen-bond donors (Lipinski definition) is 4. The number of carboxylic acid groups (broad SMARTS) is 2. The van der Waals surface area contributed by atoms with Crippen LogP contribution < -0.4 is 0 Å². The van der Waals surface area contributed by atoms with Gasteiger partial charge in [-0.25, -0.2) is 0 Å². The molecule has 260 valence electrons. The molecule has 2 unspecified atom stereocenters. The molecule has 7 heteroatoms. The Morgan fingerprint density at radius 1 is 0.565 bits per heavy atom. The molecule has 0 heterocycles. The van der Waals surface area contributed by atoms with Gasteiger partial charge in [0.1, 0.15) is 11.5 Å². The molecule has 46 heavy (non-hydrogen) atoms. The summed E-state index contributed by atoms with van der Waals surface area (Å²) in [6.07, 6.45) is 1.67. The zero-order valence-corrected chi connectivity index (χ0v) is 30.5. The fourth-order valence-electron chi connectivity index (χ4n) is 5.66. The van der Waals surface area contributed by atoms with Crippen LogP contribution in [0.25, 0.3) is 0 Å². The number of aliphatic carboxylic acids is 2. The maximum Gasteiger partial charge on any atom is 0.306 e. The van der Waals surface area contributed by atoms with Gasteiger partial charge in [0.2, 0.25) is 0 Å². The van der Waals surface area contributed by atoms with Gasteiger partial charge in [-0.15, -0.1) is 0 Å². The Kier molecular flexibility index (Phi) is 13.9. The van der Waals surface area contributed by atoms with Gasteiger partial charge in [-0.3, -0.25) is 9.59 Å². The van der Waals surface area contributed by atoms with Crippen LogP contribution in [-0.4, -0.2) is 43.9 Å². The number of aromatic hydroxyl groups is 2. The van der Waals surface area contributed by atoms with Crippen LogP contribution in [0.5, 0.6) is 11.5 Å². The number of phenols is 2. The van der Waals surface area contributed by atoms with Crippen molar-refractivity contribution in [2.24, 2.45) is 11.8 Å². The molecular formula is C39H62O6S. The first-order chi connectivity index (χ1) is 20.3. The molecule has 6 nitrogen and oxygen atoms in total. The number of rotatable bonds is 12. The molecule has 2 aromatic carbocycles. The summed E-state index contributed by atoms with van der Waals surface area (Å²) in [6, 6.07) is 7.80. The van der Waals surface area contributed by atoms with Gasteiger partial charge in [-0.1, -0.05) is 115 Å². The van der Waals surface area contributed by atoms with Crippen LogP contribution in [0.2, 0.25) is 0 Å². The van der Waals surface area contributed by atoms with E-state index >= 15 is 0 Å². The van der Waals surface area contributed by atoms with Crippen molar-refractivity contribution in [1.82, 2.24) is 0 Å². The molecule has 0 aromatic heterocycles. The predicted octanol–water partition coefficient (Wildman–Crippen LogP) is 9.62. The molecule has 0 bridgehead atoms. The molecule has 0 aliphatic heterocycles. The minimum Gasteiger partial charge on any atom is -0.507 e. The second kappa shape index (κ2) is 15.5. The standard InChI is InChI=1S/C38H58O6S.CH4/c1-35(2,3)27-19-23(20-28(31(27)39)36(4,5)6)17-25(33(41)42)13-15-45-16-14-26(34(43)44)18-24-21-29(37(7,8)9)32(40)30(22-24)38(10,11)12;/h19-22,25-26,39-40H,13-18H2,1-12H3,(H,41,42)(H,43,44);1H4. The van der Waals surface area contributed by atoms with E-state index in [9.17, 15) is 30.0 Å². The van der Waals surface area contributed by atoms with Crippen LogP contribution in [0, 0.1) is 11.8 Å². The van der Waals surface area contributed by atoms with Crippen LogP contribution in [0.4, 0.5) is 0 Å². The van der Waals surface area contributed by atoms with Crippen LogP contribution >= 0.6 is 11.8 Å². The highest BCUT2D eigenvalue weighted by Gasteiger charge is 2.30. The zero-order valence-electron chi connectivity index (χ0n) is 29.7. The van der Waals surface area contributed by atoms with Crippen molar-refractivity contribution in [3.63, 3.8) is 0 Å². The van der Waals surface area contributed by atoms with E-state index in [1.54, 1.807) is 11.8 Å². The molecule has 2 rings (SSSR count). The average Bonchev–Trinajstić information content (AvgIpc) is 2.85. The highest BCUT2D eigenvalue weighted by molar-refractivity contribution is 7.99. The molecule has 2 atom stereocenters.